The van der Waals surface area contributed by atoms with E-state index in [1.54, 1.807) is 19.1 Å². The smallest absolute Gasteiger partial charge is 0.344 e. The van der Waals surface area contributed by atoms with E-state index in [-0.39, 0.29) is 35.7 Å². The molecule has 1 spiro atoms. The molecule has 44 heavy (non-hydrogen) atoms. The summed E-state index contributed by atoms with van der Waals surface area (Å²) in [5, 5.41) is 39.1. The number of hydrogen-bond donors (Lipinski definition) is 3. The lowest BCUT2D eigenvalue weighted by atomic mass is 9.59. The van der Waals surface area contributed by atoms with E-state index in [1.165, 1.54) is 0 Å². The fourth-order valence-corrected chi connectivity index (χ4v) is 8.91. The summed E-state index contributed by atoms with van der Waals surface area (Å²) < 4.78 is 17.7. The molecule has 4 aliphatic rings. The number of ketones is 1. The number of rotatable bonds is 10. The summed E-state index contributed by atoms with van der Waals surface area (Å²) in [5.74, 6) is -3.03. The number of aromatic nitrogens is 1. The van der Waals surface area contributed by atoms with Crippen LogP contribution >= 0.6 is 0 Å². The van der Waals surface area contributed by atoms with Crippen LogP contribution < -0.4 is 0 Å². The van der Waals surface area contributed by atoms with E-state index in [0.717, 1.165) is 12.8 Å². The standard InChI is InChI=1S/C34H47NO9/c1-8-11-12-13-24(37)43-33-16-19(5)32-15-18(4)29(42-30(40)25-22(9-2)35-44-23(25)10-3)34(32,41)27(38)20(17-36)14-21(28(32)39)26(33)31(33,6)7/h14-15,19,21,26-27,29,36,38,41H,8-13,16-17H2,1-7H3/t19-,21+,26-,27-,29+,32+,33+,34+/m1/s1. The molecule has 5 rings (SSSR count). The normalized spacial score (nSPS) is 36.8. The molecule has 4 aliphatic carbocycles. The molecular weight excluding hydrogens is 566 g/mol. The van der Waals surface area contributed by atoms with Crippen LogP contribution in [0.15, 0.2) is 27.8 Å². The molecule has 2 bridgehead atoms. The van der Waals surface area contributed by atoms with Gasteiger partial charge in [0.15, 0.2) is 23.2 Å². The van der Waals surface area contributed by atoms with Crippen LogP contribution in [0.25, 0.3) is 0 Å². The Kier molecular flexibility index (Phi) is 8.30. The Balaban J connectivity index is 1.60. The van der Waals surface area contributed by atoms with Gasteiger partial charge in [0.1, 0.15) is 17.3 Å². The van der Waals surface area contributed by atoms with Gasteiger partial charge in [-0.1, -0.05) is 71.7 Å². The highest BCUT2D eigenvalue weighted by Crippen LogP contribution is 2.75. The van der Waals surface area contributed by atoms with Crippen LogP contribution in [0.2, 0.25) is 0 Å². The predicted octanol–water partition coefficient (Wildman–Crippen LogP) is 4.04. The molecule has 1 aromatic rings. The Hall–Kier alpha value is -2.82. The van der Waals surface area contributed by atoms with Gasteiger partial charge < -0.3 is 29.3 Å². The molecule has 2 fully saturated rings. The average Bonchev–Trinajstić information content (AvgIpc) is 3.23. The van der Waals surface area contributed by atoms with Gasteiger partial charge in [0.2, 0.25) is 0 Å². The lowest BCUT2D eigenvalue weighted by Crippen LogP contribution is -2.66. The average molecular weight is 614 g/mol. The summed E-state index contributed by atoms with van der Waals surface area (Å²) in [6.45, 7) is 12.5. The van der Waals surface area contributed by atoms with Gasteiger partial charge in [-0.05, 0) is 43.3 Å². The van der Waals surface area contributed by atoms with Gasteiger partial charge >= 0.3 is 11.9 Å². The molecule has 3 N–H and O–H groups in total. The zero-order valence-corrected chi connectivity index (χ0v) is 26.9. The van der Waals surface area contributed by atoms with Gasteiger partial charge in [0.05, 0.1) is 17.7 Å². The Bertz CT molecular complexity index is 1390. The minimum absolute atomic E-state index is 0.0605. The predicted molar refractivity (Wildman–Crippen MR) is 159 cm³/mol. The first-order valence-electron chi connectivity index (χ1n) is 16.1. The van der Waals surface area contributed by atoms with Gasteiger partial charge in [-0.2, -0.15) is 0 Å². The lowest BCUT2D eigenvalue weighted by molar-refractivity contribution is -0.192. The molecule has 10 nitrogen and oxygen atoms in total. The summed E-state index contributed by atoms with van der Waals surface area (Å²) >= 11 is 0. The van der Waals surface area contributed by atoms with Crippen LogP contribution in [-0.2, 0) is 31.9 Å². The first-order valence-corrected chi connectivity index (χ1v) is 16.1. The third-order valence-corrected chi connectivity index (χ3v) is 11.2. The van der Waals surface area contributed by atoms with Crippen molar-refractivity contribution in [1.82, 2.24) is 5.16 Å². The number of nitrogens with zero attached hydrogens (tertiary/aromatic N) is 1. The quantitative estimate of drug-likeness (QED) is 0.200. The first kappa shape index (κ1) is 32.6. The van der Waals surface area contributed by atoms with Crippen molar-refractivity contribution in [2.75, 3.05) is 6.61 Å². The molecule has 0 amide bonds. The first-order chi connectivity index (χ1) is 20.7. The third-order valence-electron chi connectivity index (χ3n) is 11.2. The maximum absolute atomic E-state index is 14.9. The highest BCUT2D eigenvalue weighted by atomic mass is 16.6. The molecule has 1 heterocycles. The Morgan fingerprint density at radius 3 is 2.48 bits per heavy atom. The largest absolute Gasteiger partial charge is 0.458 e. The van der Waals surface area contributed by atoms with E-state index in [2.05, 4.69) is 12.1 Å². The number of aliphatic hydroxyl groups excluding tert-OH is 2. The van der Waals surface area contributed by atoms with Crippen molar-refractivity contribution in [2.24, 2.45) is 28.6 Å². The molecule has 0 radical (unpaired) electrons. The van der Waals surface area contributed by atoms with E-state index in [4.69, 9.17) is 14.0 Å². The van der Waals surface area contributed by atoms with Crippen molar-refractivity contribution in [3.8, 4) is 0 Å². The van der Waals surface area contributed by atoms with Gasteiger partial charge in [0, 0.05) is 30.1 Å². The van der Waals surface area contributed by atoms with E-state index in [0.29, 0.717) is 36.3 Å². The number of hydrogen-bond acceptors (Lipinski definition) is 10. The molecule has 0 saturated heterocycles. The second-order valence-electron chi connectivity index (χ2n) is 13.8. The number of allylic oxidation sites excluding steroid dienone is 1. The number of carbonyl (C=O) groups is 3. The second kappa shape index (κ2) is 11.2. The third kappa shape index (κ3) is 4.23. The maximum atomic E-state index is 14.9. The van der Waals surface area contributed by atoms with Crippen molar-refractivity contribution >= 4 is 17.7 Å². The second-order valence-corrected chi connectivity index (χ2v) is 13.8. The van der Waals surface area contributed by atoms with Crippen LogP contribution in [0.1, 0.15) is 102 Å². The monoisotopic (exact) mass is 613 g/mol. The van der Waals surface area contributed by atoms with Crippen molar-refractivity contribution in [3.63, 3.8) is 0 Å². The van der Waals surface area contributed by atoms with E-state index >= 15 is 0 Å². The van der Waals surface area contributed by atoms with Crippen LogP contribution in [0.3, 0.4) is 0 Å². The van der Waals surface area contributed by atoms with Crippen molar-refractivity contribution in [3.05, 3.63) is 40.3 Å². The van der Waals surface area contributed by atoms with Gasteiger partial charge in [0.25, 0.3) is 0 Å². The summed E-state index contributed by atoms with van der Waals surface area (Å²) in [6.07, 6.45) is 3.97. The molecule has 1 aromatic heterocycles. The highest BCUT2D eigenvalue weighted by molar-refractivity contribution is 5.97. The van der Waals surface area contributed by atoms with Crippen molar-refractivity contribution in [2.45, 2.75) is 117 Å². The Morgan fingerprint density at radius 2 is 1.86 bits per heavy atom. The van der Waals surface area contributed by atoms with Crippen LogP contribution in [0.4, 0.5) is 0 Å². The zero-order valence-electron chi connectivity index (χ0n) is 26.9. The summed E-state index contributed by atoms with van der Waals surface area (Å²) in [6, 6.07) is 0. The number of fused-ring (bicyclic) bond motifs is 3. The minimum Gasteiger partial charge on any atom is -0.458 e. The molecule has 0 aliphatic heterocycles. The van der Waals surface area contributed by atoms with Crippen LogP contribution in [0, 0.1) is 28.6 Å². The molecule has 242 valence electrons. The molecule has 2 saturated carbocycles. The SMILES string of the molecule is CCCCCC(=O)O[C@@]12C[C@@H](C)[C@]34C=C(C)[C@H](OC(=O)c5c(CC)noc5CC)[C@@]3(O)[C@H](O)C(CO)=C[C@H](C4=O)[C@@H]1C2(C)C. The number of aliphatic hydroxyl groups is 3. The molecular formula is C34H47NO9. The number of carbonyl (C=O) groups excluding carboxylic acids is 3. The van der Waals surface area contributed by atoms with E-state index in [1.807, 2.05) is 34.6 Å². The van der Waals surface area contributed by atoms with Gasteiger partial charge in [-0.25, -0.2) is 4.79 Å². The fourth-order valence-electron chi connectivity index (χ4n) is 8.91. The van der Waals surface area contributed by atoms with E-state index < -0.39 is 64.6 Å². The Morgan fingerprint density at radius 1 is 1.16 bits per heavy atom. The number of esters is 2. The molecule has 0 unspecified atom stereocenters. The highest BCUT2D eigenvalue weighted by Gasteiger charge is 2.83. The maximum Gasteiger partial charge on any atom is 0.344 e. The Labute approximate surface area is 258 Å². The molecule has 10 heteroatoms. The molecule has 8 atom stereocenters. The number of ether oxygens (including phenoxy) is 2. The summed E-state index contributed by atoms with van der Waals surface area (Å²) in [7, 11) is 0. The number of Topliss-reactive ketones (excluding diaryl/α,β-unsaturated/α-hetero) is 1. The van der Waals surface area contributed by atoms with Crippen LogP contribution in [0.5, 0.6) is 0 Å². The van der Waals surface area contributed by atoms with Crippen molar-refractivity contribution in [1.29, 1.82) is 0 Å². The van der Waals surface area contributed by atoms with Crippen LogP contribution in [-0.4, -0.2) is 68.2 Å². The van der Waals surface area contributed by atoms with Crippen molar-refractivity contribution < 1.29 is 43.7 Å². The number of aryl methyl sites for hydroxylation is 2. The summed E-state index contributed by atoms with van der Waals surface area (Å²) in [5.41, 5.74) is -4.53. The van der Waals surface area contributed by atoms with Gasteiger partial charge in [-0.15, -0.1) is 0 Å². The lowest BCUT2D eigenvalue weighted by Gasteiger charge is -2.49. The topological polar surface area (TPSA) is 156 Å². The fraction of sp³-hybridized carbons (Fsp3) is 0.706. The number of unbranched alkanes of at least 4 members (excludes halogenated alkanes) is 2. The molecule has 0 aromatic carbocycles. The minimum atomic E-state index is -2.34. The van der Waals surface area contributed by atoms with Gasteiger partial charge in [-0.3, -0.25) is 9.59 Å². The summed E-state index contributed by atoms with van der Waals surface area (Å²) in [4.78, 5) is 41.7. The zero-order chi connectivity index (χ0) is 32.4. The van der Waals surface area contributed by atoms with E-state index in [9.17, 15) is 29.7 Å².